The molecule has 0 aliphatic rings. The summed E-state index contributed by atoms with van der Waals surface area (Å²) < 4.78 is 4.90. The van der Waals surface area contributed by atoms with Crippen LogP contribution >= 0.6 is 11.6 Å². The van der Waals surface area contributed by atoms with Gasteiger partial charge in [-0.3, -0.25) is 9.59 Å². The highest BCUT2D eigenvalue weighted by molar-refractivity contribution is 6.68. The van der Waals surface area contributed by atoms with Crippen LogP contribution in [0.2, 0.25) is 0 Å². The first-order chi connectivity index (χ1) is 6.91. The van der Waals surface area contributed by atoms with E-state index in [0.29, 0.717) is 0 Å². The average Bonchev–Trinajstić information content (AvgIpc) is 2.09. The van der Waals surface area contributed by atoms with Crippen molar-refractivity contribution in [3.63, 3.8) is 0 Å². The maximum absolute atomic E-state index is 11.1. The lowest BCUT2D eigenvalue weighted by Crippen LogP contribution is -2.06. The number of carbonyl (C=O) groups excluding carboxylic acids is 2. The minimum atomic E-state index is -0.630. The third-order valence-electron chi connectivity index (χ3n) is 2.06. The lowest BCUT2D eigenvalue weighted by molar-refractivity contribution is -0.131. The zero-order valence-corrected chi connectivity index (χ0v) is 9.51. The summed E-state index contributed by atoms with van der Waals surface area (Å²) in [6.07, 6.45) is 0. The number of ether oxygens (including phenoxy) is 1. The smallest absolute Gasteiger partial charge is 0.308 e. The first-order valence-corrected chi connectivity index (χ1v) is 4.79. The van der Waals surface area contributed by atoms with Crippen molar-refractivity contribution in [3.8, 4) is 5.75 Å². The Morgan fingerprint density at radius 3 is 2.20 bits per heavy atom. The van der Waals surface area contributed by atoms with Gasteiger partial charge in [0, 0.05) is 6.92 Å². The van der Waals surface area contributed by atoms with Crippen molar-refractivity contribution in [3.05, 3.63) is 28.8 Å². The first kappa shape index (κ1) is 11.7. The molecule has 0 atom stereocenters. The van der Waals surface area contributed by atoms with E-state index in [-0.39, 0.29) is 11.3 Å². The van der Waals surface area contributed by atoms with Crippen LogP contribution in [0.5, 0.6) is 5.75 Å². The normalized spacial score (nSPS) is 9.87. The number of esters is 1. The van der Waals surface area contributed by atoms with Crippen LogP contribution in [0.25, 0.3) is 0 Å². The molecule has 0 N–H and O–H groups in total. The van der Waals surface area contributed by atoms with Crippen LogP contribution in [-0.4, -0.2) is 11.2 Å². The summed E-state index contributed by atoms with van der Waals surface area (Å²) >= 11 is 5.39. The lowest BCUT2D eigenvalue weighted by atomic mass is 10.1. The second-order valence-electron chi connectivity index (χ2n) is 3.30. The number of halogens is 1. The van der Waals surface area contributed by atoms with Gasteiger partial charge in [0.1, 0.15) is 5.75 Å². The van der Waals surface area contributed by atoms with Gasteiger partial charge in [0.25, 0.3) is 5.24 Å². The second-order valence-corrected chi connectivity index (χ2v) is 3.64. The van der Waals surface area contributed by atoms with Crippen molar-refractivity contribution < 1.29 is 14.3 Å². The average molecular weight is 227 g/mol. The number of hydrogen-bond donors (Lipinski definition) is 0. The van der Waals surface area contributed by atoms with Gasteiger partial charge in [0.15, 0.2) is 0 Å². The van der Waals surface area contributed by atoms with Crippen LogP contribution in [0.4, 0.5) is 0 Å². The van der Waals surface area contributed by atoms with Crippen molar-refractivity contribution in [2.75, 3.05) is 0 Å². The fourth-order valence-electron chi connectivity index (χ4n) is 1.18. The number of hydrogen-bond acceptors (Lipinski definition) is 3. The Kier molecular flexibility index (Phi) is 3.48. The second kappa shape index (κ2) is 4.45. The van der Waals surface area contributed by atoms with Gasteiger partial charge < -0.3 is 4.74 Å². The Hall–Kier alpha value is -1.35. The van der Waals surface area contributed by atoms with Gasteiger partial charge in [-0.05, 0) is 48.7 Å². The van der Waals surface area contributed by atoms with Crippen molar-refractivity contribution in [1.82, 2.24) is 0 Å². The molecule has 0 bridgehead atoms. The molecule has 0 aliphatic heterocycles. The first-order valence-electron chi connectivity index (χ1n) is 4.41. The van der Waals surface area contributed by atoms with E-state index in [9.17, 15) is 9.59 Å². The standard InChI is InChI=1S/C11H11ClO3/c1-6-4-9(11(12)14)10(5-7(6)2)15-8(3)13/h4-5H,1-3H3. The van der Waals surface area contributed by atoms with E-state index in [4.69, 9.17) is 16.3 Å². The molecule has 15 heavy (non-hydrogen) atoms. The molecule has 0 aliphatic carbocycles. The molecule has 0 saturated heterocycles. The Bertz CT molecular complexity index is 424. The van der Waals surface area contributed by atoms with E-state index < -0.39 is 11.2 Å². The molecule has 1 rings (SSSR count). The van der Waals surface area contributed by atoms with E-state index in [1.807, 2.05) is 13.8 Å². The van der Waals surface area contributed by atoms with Gasteiger partial charge in [-0.2, -0.15) is 0 Å². The van der Waals surface area contributed by atoms with Crippen LogP contribution in [0.15, 0.2) is 12.1 Å². The van der Waals surface area contributed by atoms with Crippen molar-refractivity contribution >= 4 is 22.8 Å². The molecule has 1 aromatic rings. The molecule has 0 spiro atoms. The molecule has 4 heteroatoms. The molecule has 0 saturated carbocycles. The van der Waals surface area contributed by atoms with E-state index in [0.717, 1.165) is 11.1 Å². The Balaban J connectivity index is 3.28. The molecule has 0 unspecified atom stereocenters. The highest BCUT2D eigenvalue weighted by Gasteiger charge is 2.13. The lowest BCUT2D eigenvalue weighted by Gasteiger charge is -2.08. The van der Waals surface area contributed by atoms with Crippen LogP contribution in [0, 0.1) is 13.8 Å². The minimum Gasteiger partial charge on any atom is -0.426 e. The van der Waals surface area contributed by atoms with Crippen LogP contribution in [0.3, 0.4) is 0 Å². The van der Waals surface area contributed by atoms with E-state index in [1.54, 1.807) is 12.1 Å². The third-order valence-corrected chi connectivity index (χ3v) is 2.26. The van der Waals surface area contributed by atoms with Gasteiger partial charge in [-0.1, -0.05) is 0 Å². The maximum Gasteiger partial charge on any atom is 0.308 e. The molecule has 80 valence electrons. The van der Waals surface area contributed by atoms with Crippen LogP contribution in [-0.2, 0) is 4.79 Å². The Labute approximate surface area is 93.0 Å². The molecule has 3 nitrogen and oxygen atoms in total. The zero-order chi connectivity index (χ0) is 11.6. The summed E-state index contributed by atoms with van der Waals surface area (Å²) in [6.45, 7) is 5.00. The summed E-state index contributed by atoms with van der Waals surface area (Å²) in [5.41, 5.74) is 2.08. The largest absolute Gasteiger partial charge is 0.426 e. The van der Waals surface area contributed by atoms with E-state index >= 15 is 0 Å². The van der Waals surface area contributed by atoms with E-state index in [1.165, 1.54) is 6.92 Å². The number of rotatable bonds is 2. The fraction of sp³-hybridized carbons (Fsp3) is 0.273. The van der Waals surface area contributed by atoms with Crippen molar-refractivity contribution in [2.24, 2.45) is 0 Å². The minimum absolute atomic E-state index is 0.214. The highest BCUT2D eigenvalue weighted by Crippen LogP contribution is 2.24. The maximum atomic E-state index is 11.1. The Morgan fingerprint density at radius 1 is 1.20 bits per heavy atom. The molecule has 0 radical (unpaired) electrons. The van der Waals surface area contributed by atoms with Crippen molar-refractivity contribution in [1.29, 1.82) is 0 Å². The summed E-state index contributed by atoms with van der Waals surface area (Å²) in [7, 11) is 0. The summed E-state index contributed by atoms with van der Waals surface area (Å²) in [5.74, 6) is -0.261. The van der Waals surface area contributed by atoms with Gasteiger partial charge >= 0.3 is 5.97 Å². The van der Waals surface area contributed by atoms with Gasteiger partial charge in [-0.25, -0.2) is 0 Å². The Morgan fingerprint density at radius 2 is 1.73 bits per heavy atom. The topological polar surface area (TPSA) is 43.4 Å². The molecule has 0 fully saturated rings. The summed E-state index contributed by atoms with van der Waals surface area (Å²) in [6, 6.07) is 3.25. The monoisotopic (exact) mass is 226 g/mol. The van der Waals surface area contributed by atoms with Gasteiger partial charge in [0.05, 0.1) is 5.56 Å². The third kappa shape index (κ3) is 2.80. The SMILES string of the molecule is CC(=O)Oc1cc(C)c(C)cc1C(=O)Cl. The molecule has 0 heterocycles. The van der Waals surface area contributed by atoms with Gasteiger partial charge in [0.2, 0.25) is 0 Å². The van der Waals surface area contributed by atoms with Crippen LogP contribution < -0.4 is 4.74 Å². The number of benzene rings is 1. The summed E-state index contributed by atoms with van der Waals surface area (Å²) in [5, 5.41) is -0.630. The highest BCUT2D eigenvalue weighted by atomic mass is 35.5. The molecular weight excluding hydrogens is 216 g/mol. The number of aryl methyl sites for hydroxylation is 2. The summed E-state index contributed by atoms with van der Waals surface area (Å²) in [4.78, 5) is 21.9. The predicted molar refractivity (Wildman–Crippen MR) is 57.4 cm³/mol. The molecule has 0 amide bonds. The quantitative estimate of drug-likeness (QED) is 0.442. The van der Waals surface area contributed by atoms with Crippen LogP contribution in [0.1, 0.15) is 28.4 Å². The molecule has 1 aromatic carbocycles. The predicted octanol–water partition coefficient (Wildman–Crippen LogP) is 2.61. The fourth-order valence-corrected chi connectivity index (χ4v) is 1.33. The number of carbonyl (C=O) groups is 2. The molecular formula is C11H11ClO3. The molecule has 0 aromatic heterocycles. The van der Waals surface area contributed by atoms with E-state index in [2.05, 4.69) is 0 Å². The van der Waals surface area contributed by atoms with Crippen molar-refractivity contribution in [2.45, 2.75) is 20.8 Å². The zero-order valence-electron chi connectivity index (χ0n) is 8.76. The van der Waals surface area contributed by atoms with Gasteiger partial charge in [-0.15, -0.1) is 0 Å².